The van der Waals surface area contributed by atoms with Crippen LogP contribution in [-0.2, 0) is 6.42 Å². The van der Waals surface area contributed by atoms with Gasteiger partial charge in [-0.25, -0.2) is 9.97 Å². The maximum Gasteiger partial charge on any atom is 0.137 e. The molecule has 0 aliphatic heterocycles. The van der Waals surface area contributed by atoms with Crippen LogP contribution in [0.15, 0.2) is 6.33 Å². The first-order chi connectivity index (χ1) is 10.2. The van der Waals surface area contributed by atoms with Gasteiger partial charge in [0.25, 0.3) is 0 Å². The molecule has 0 radical (unpaired) electrons. The van der Waals surface area contributed by atoms with Crippen LogP contribution >= 0.6 is 0 Å². The van der Waals surface area contributed by atoms with Crippen molar-refractivity contribution in [3.63, 3.8) is 0 Å². The fourth-order valence-corrected chi connectivity index (χ4v) is 2.53. The van der Waals surface area contributed by atoms with Crippen molar-refractivity contribution in [3.05, 3.63) is 11.9 Å². The smallest absolute Gasteiger partial charge is 0.137 e. The molecule has 0 saturated carbocycles. The van der Waals surface area contributed by atoms with Crippen LogP contribution in [0.25, 0.3) is 0 Å². The van der Waals surface area contributed by atoms with E-state index >= 15 is 0 Å². The molecule has 1 N–H and O–H groups in total. The Morgan fingerprint density at radius 3 is 2.48 bits per heavy atom. The first-order valence-electron chi connectivity index (χ1n) is 8.53. The van der Waals surface area contributed by atoms with E-state index in [0.717, 1.165) is 44.0 Å². The topological polar surface area (TPSA) is 41.1 Å². The third-order valence-corrected chi connectivity index (χ3v) is 3.91. The number of hydrogen-bond donors (Lipinski definition) is 1. The van der Waals surface area contributed by atoms with E-state index < -0.39 is 0 Å². The predicted molar refractivity (Wildman–Crippen MR) is 92.2 cm³/mol. The Balaban J connectivity index is 3.17. The summed E-state index contributed by atoms with van der Waals surface area (Å²) in [6.07, 6.45) is 7.39. The molecule has 1 aromatic heterocycles. The van der Waals surface area contributed by atoms with Crippen molar-refractivity contribution in [1.82, 2.24) is 9.97 Å². The Kier molecular flexibility index (Phi) is 8.09. The van der Waals surface area contributed by atoms with Gasteiger partial charge in [-0.3, -0.25) is 0 Å². The largest absolute Gasteiger partial charge is 0.370 e. The van der Waals surface area contributed by atoms with Gasteiger partial charge in [-0.2, -0.15) is 0 Å². The molecule has 21 heavy (non-hydrogen) atoms. The van der Waals surface area contributed by atoms with E-state index in [1.54, 1.807) is 6.33 Å². The summed E-state index contributed by atoms with van der Waals surface area (Å²) < 4.78 is 0. The second kappa shape index (κ2) is 9.59. The van der Waals surface area contributed by atoms with Crippen LogP contribution in [0.5, 0.6) is 0 Å². The van der Waals surface area contributed by atoms with Crippen molar-refractivity contribution in [1.29, 1.82) is 0 Å². The highest BCUT2D eigenvalue weighted by Gasteiger charge is 2.19. The van der Waals surface area contributed by atoms with E-state index in [2.05, 4.69) is 54.8 Å². The van der Waals surface area contributed by atoms with Crippen molar-refractivity contribution in [3.8, 4) is 0 Å². The molecule has 1 aromatic rings. The summed E-state index contributed by atoms with van der Waals surface area (Å²) in [6, 6.07) is 0.511. The van der Waals surface area contributed by atoms with Gasteiger partial charge >= 0.3 is 0 Å². The second-order valence-electron chi connectivity index (χ2n) is 5.61. The molecule has 0 aliphatic rings. The number of aromatic nitrogens is 2. The minimum Gasteiger partial charge on any atom is -0.370 e. The molecule has 0 saturated heterocycles. The minimum atomic E-state index is 0.511. The van der Waals surface area contributed by atoms with Crippen molar-refractivity contribution in [2.45, 2.75) is 72.8 Å². The van der Waals surface area contributed by atoms with Crippen LogP contribution in [0.3, 0.4) is 0 Å². The van der Waals surface area contributed by atoms with Crippen LogP contribution in [-0.4, -0.2) is 29.1 Å². The van der Waals surface area contributed by atoms with Gasteiger partial charge in [-0.1, -0.05) is 33.6 Å². The summed E-state index contributed by atoms with van der Waals surface area (Å²) in [7, 11) is 0. The Hall–Kier alpha value is -1.32. The molecule has 0 aromatic carbocycles. The zero-order chi connectivity index (χ0) is 15.7. The SMILES string of the molecule is CCCCN(c1ncnc(NCC)c1CCC)C(C)CC. The maximum atomic E-state index is 4.64. The molecule has 1 heterocycles. The fourth-order valence-electron chi connectivity index (χ4n) is 2.53. The van der Waals surface area contributed by atoms with E-state index in [-0.39, 0.29) is 0 Å². The van der Waals surface area contributed by atoms with E-state index in [0.29, 0.717) is 6.04 Å². The van der Waals surface area contributed by atoms with Gasteiger partial charge in [-0.05, 0) is 33.1 Å². The van der Waals surface area contributed by atoms with Crippen molar-refractivity contribution >= 4 is 11.6 Å². The third kappa shape index (κ3) is 4.87. The van der Waals surface area contributed by atoms with Gasteiger partial charge in [0.2, 0.25) is 0 Å². The molecule has 0 bridgehead atoms. The molecular weight excluding hydrogens is 260 g/mol. The number of nitrogens with one attached hydrogen (secondary N) is 1. The quantitative estimate of drug-likeness (QED) is 0.699. The van der Waals surface area contributed by atoms with E-state index in [4.69, 9.17) is 0 Å². The highest BCUT2D eigenvalue weighted by molar-refractivity contribution is 5.59. The van der Waals surface area contributed by atoms with Gasteiger partial charge < -0.3 is 10.2 Å². The molecule has 1 unspecified atom stereocenters. The zero-order valence-electron chi connectivity index (χ0n) is 14.4. The Labute approximate surface area is 130 Å². The maximum absolute atomic E-state index is 4.64. The monoisotopic (exact) mass is 292 g/mol. The molecule has 120 valence electrons. The van der Waals surface area contributed by atoms with E-state index in [9.17, 15) is 0 Å². The van der Waals surface area contributed by atoms with Gasteiger partial charge in [0, 0.05) is 24.7 Å². The standard InChI is InChI=1S/C17H32N4/c1-6-10-12-21(14(5)8-3)17-15(11-7-2)16(18-9-4)19-13-20-17/h13-14H,6-12H2,1-5H3,(H,18,19,20). The van der Waals surface area contributed by atoms with Crippen LogP contribution in [0.4, 0.5) is 11.6 Å². The number of hydrogen-bond acceptors (Lipinski definition) is 4. The van der Waals surface area contributed by atoms with Crippen LogP contribution in [0.2, 0.25) is 0 Å². The normalized spacial score (nSPS) is 12.2. The zero-order valence-corrected chi connectivity index (χ0v) is 14.4. The van der Waals surface area contributed by atoms with Crippen LogP contribution < -0.4 is 10.2 Å². The van der Waals surface area contributed by atoms with Gasteiger partial charge in [0.1, 0.15) is 18.0 Å². The number of rotatable bonds is 10. The van der Waals surface area contributed by atoms with Gasteiger partial charge in [0.15, 0.2) is 0 Å². The van der Waals surface area contributed by atoms with Crippen LogP contribution in [0.1, 0.15) is 65.9 Å². The lowest BCUT2D eigenvalue weighted by atomic mass is 10.1. The molecule has 0 aliphatic carbocycles. The molecule has 1 rings (SSSR count). The summed E-state index contributed by atoms with van der Waals surface area (Å²) in [5, 5.41) is 3.39. The lowest BCUT2D eigenvalue weighted by Gasteiger charge is -2.32. The first-order valence-corrected chi connectivity index (χ1v) is 8.53. The highest BCUT2D eigenvalue weighted by atomic mass is 15.2. The lowest BCUT2D eigenvalue weighted by Crippen LogP contribution is -2.35. The summed E-state index contributed by atoms with van der Waals surface area (Å²) >= 11 is 0. The van der Waals surface area contributed by atoms with E-state index in [1.807, 2.05) is 0 Å². The Bertz CT molecular complexity index is 406. The lowest BCUT2D eigenvalue weighted by molar-refractivity contribution is 0.586. The average molecular weight is 292 g/mol. The van der Waals surface area contributed by atoms with E-state index in [1.165, 1.54) is 18.4 Å². The number of anilines is 2. The predicted octanol–water partition coefficient (Wildman–Crippen LogP) is 4.27. The third-order valence-electron chi connectivity index (χ3n) is 3.91. The molecule has 0 fully saturated rings. The first kappa shape index (κ1) is 17.7. The Morgan fingerprint density at radius 2 is 1.90 bits per heavy atom. The highest BCUT2D eigenvalue weighted by Crippen LogP contribution is 2.27. The van der Waals surface area contributed by atoms with Crippen molar-refractivity contribution < 1.29 is 0 Å². The summed E-state index contributed by atoms with van der Waals surface area (Å²) in [5.74, 6) is 2.14. The summed E-state index contributed by atoms with van der Waals surface area (Å²) in [4.78, 5) is 11.6. The van der Waals surface area contributed by atoms with Crippen LogP contribution in [0, 0.1) is 0 Å². The number of nitrogens with zero attached hydrogens (tertiary/aromatic N) is 3. The molecule has 0 spiro atoms. The fraction of sp³-hybridized carbons (Fsp3) is 0.765. The minimum absolute atomic E-state index is 0.511. The molecule has 0 amide bonds. The molecule has 4 heteroatoms. The van der Waals surface area contributed by atoms with Gasteiger partial charge in [0.05, 0.1) is 0 Å². The second-order valence-corrected chi connectivity index (χ2v) is 5.61. The van der Waals surface area contributed by atoms with Crippen molar-refractivity contribution in [2.24, 2.45) is 0 Å². The van der Waals surface area contributed by atoms with Gasteiger partial charge in [-0.15, -0.1) is 0 Å². The summed E-state index contributed by atoms with van der Waals surface area (Å²) in [5.41, 5.74) is 1.28. The van der Waals surface area contributed by atoms with Crippen molar-refractivity contribution in [2.75, 3.05) is 23.3 Å². The molecule has 1 atom stereocenters. The number of unbranched alkanes of at least 4 members (excludes halogenated alkanes) is 1. The summed E-state index contributed by atoms with van der Waals surface area (Å²) in [6.45, 7) is 13.1. The molecule has 4 nitrogen and oxygen atoms in total. The Morgan fingerprint density at radius 1 is 1.14 bits per heavy atom. The average Bonchev–Trinajstić information content (AvgIpc) is 2.50. The molecular formula is C17H32N4.